The van der Waals surface area contributed by atoms with E-state index in [2.05, 4.69) is 4.98 Å². The highest BCUT2D eigenvalue weighted by Crippen LogP contribution is 2.32. The van der Waals surface area contributed by atoms with Crippen LogP contribution in [-0.4, -0.2) is 40.0 Å². The van der Waals surface area contributed by atoms with Crippen molar-refractivity contribution in [1.82, 2.24) is 9.88 Å². The summed E-state index contributed by atoms with van der Waals surface area (Å²) in [4.78, 5) is 28.2. The van der Waals surface area contributed by atoms with Gasteiger partial charge in [-0.1, -0.05) is 18.2 Å². The number of hydrogen-bond donors (Lipinski definition) is 2. The molecule has 1 amide bonds. The van der Waals surface area contributed by atoms with Crippen molar-refractivity contribution in [2.24, 2.45) is 5.92 Å². The number of nitrogens with one attached hydrogen (secondary N) is 1. The molecule has 1 aromatic carbocycles. The van der Waals surface area contributed by atoms with Gasteiger partial charge in [-0.05, 0) is 43.2 Å². The Hall–Kier alpha value is -2.30. The summed E-state index contributed by atoms with van der Waals surface area (Å²) >= 11 is 0. The standard InChI is InChI=1S/C19H24N2O3/c1-13(22)21-10-8-14(9-11-21)6-7-16(19(23)24)17-12-20-18-5-3-2-4-15(17)18/h2-5,12,14,16,20H,6-11H2,1H3,(H,23,24). The molecule has 24 heavy (non-hydrogen) atoms. The Bertz CT molecular complexity index is 729. The lowest BCUT2D eigenvalue weighted by atomic mass is 9.86. The smallest absolute Gasteiger partial charge is 0.311 e. The Labute approximate surface area is 141 Å². The number of nitrogens with zero attached hydrogens (tertiary/aromatic N) is 1. The van der Waals surface area contributed by atoms with Gasteiger partial charge in [-0.3, -0.25) is 9.59 Å². The van der Waals surface area contributed by atoms with Gasteiger partial charge in [0.25, 0.3) is 0 Å². The second kappa shape index (κ2) is 7.07. The van der Waals surface area contributed by atoms with Crippen molar-refractivity contribution in [3.05, 3.63) is 36.0 Å². The van der Waals surface area contributed by atoms with Crippen molar-refractivity contribution < 1.29 is 14.7 Å². The van der Waals surface area contributed by atoms with Gasteiger partial charge in [0.05, 0.1) is 5.92 Å². The zero-order valence-electron chi connectivity index (χ0n) is 14.0. The summed E-state index contributed by atoms with van der Waals surface area (Å²) in [7, 11) is 0. The number of amides is 1. The van der Waals surface area contributed by atoms with Crippen LogP contribution in [0.1, 0.15) is 44.1 Å². The number of carboxylic acids is 1. The van der Waals surface area contributed by atoms with Crippen molar-refractivity contribution in [2.75, 3.05) is 13.1 Å². The zero-order valence-corrected chi connectivity index (χ0v) is 14.0. The number of rotatable bonds is 5. The Morgan fingerprint density at radius 3 is 2.67 bits per heavy atom. The number of hydrogen-bond acceptors (Lipinski definition) is 2. The van der Waals surface area contributed by atoms with Crippen LogP contribution in [0.25, 0.3) is 10.9 Å². The van der Waals surface area contributed by atoms with Crippen molar-refractivity contribution in [1.29, 1.82) is 0 Å². The molecule has 0 aliphatic carbocycles. The van der Waals surface area contributed by atoms with Crippen LogP contribution in [0.4, 0.5) is 0 Å². The minimum atomic E-state index is -0.763. The van der Waals surface area contributed by atoms with Crippen LogP contribution in [0.3, 0.4) is 0 Å². The third-order valence-corrected chi connectivity index (χ3v) is 5.22. The van der Waals surface area contributed by atoms with E-state index in [1.165, 1.54) is 0 Å². The second-order valence-corrected chi connectivity index (χ2v) is 6.71. The van der Waals surface area contributed by atoms with Crippen molar-refractivity contribution in [2.45, 2.75) is 38.5 Å². The zero-order chi connectivity index (χ0) is 17.1. The minimum absolute atomic E-state index is 0.135. The average molecular weight is 328 g/mol. The predicted octanol–water partition coefficient (Wildman–Crippen LogP) is 3.37. The van der Waals surface area contributed by atoms with Crippen LogP contribution >= 0.6 is 0 Å². The molecular formula is C19H24N2O3. The average Bonchev–Trinajstić information content (AvgIpc) is 2.99. The first-order chi connectivity index (χ1) is 11.6. The highest BCUT2D eigenvalue weighted by Gasteiger charge is 2.26. The number of para-hydroxylation sites is 1. The predicted molar refractivity (Wildman–Crippen MR) is 92.9 cm³/mol. The van der Waals surface area contributed by atoms with Gasteiger partial charge in [-0.25, -0.2) is 0 Å². The number of H-pyrrole nitrogens is 1. The van der Waals surface area contributed by atoms with Crippen LogP contribution in [0.2, 0.25) is 0 Å². The monoisotopic (exact) mass is 328 g/mol. The number of aromatic nitrogens is 1. The van der Waals surface area contributed by atoms with Crippen LogP contribution < -0.4 is 0 Å². The molecule has 1 fully saturated rings. The fourth-order valence-corrected chi connectivity index (χ4v) is 3.73. The number of benzene rings is 1. The molecule has 2 aromatic rings. The Balaban J connectivity index is 1.65. The number of piperidine rings is 1. The molecule has 0 radical (unpaired) electrons. The van der Waals surface area contributed by atoms with Gasteiger partial charge in [0.2, 0.25) is 5.91 Å². The van der Waals surface area contributed by atoms with Crippen LogP contribution in [0, 0.1) is 5.92 Å². The van der Waals surface area contributed by atoms with Crippen LogP contribution in [0.15, 0.2) is 30.5 Å². The van der Waals surface area contributed by atoms with E-state index in [-0.39, 0.29) is 5.91 Å². The third-order valence-electron chi connectivity index (χ3n) is 5.22. The summed E-state index contributed by atoms with van der Waals surface area (Å²) in [6.45, 7) is 3.20. The summed E-state index contributed by atoms with van der Waals surface area (Å²) in [5, 5.41) is 10.7. The van der Waals surface area contributed by atoms with Gasteiger partial charge in [0.15, 0.2) is 0 Å². The Morgan fingerprint density at radius 2 is 2.00 bits per heavy atom. The van der Waals surface area contributed by atoms with Crippen LogP contribution in [-0.2, 0) is 9.59 Å². The Morgan fingerprint density at radius 1 is 1.29 bits per heavy atom. The van der Waals surface area contributed by atoms with Gasteiger partial charge < -0.3 is 15.0 Å². The van der Waals surface area contributed by atoms with E-state index in [0.29, 0.717) is 12.3 Å². The summed E-state index contributed by atoms with van der Waals surface area (Å²) in [6.07, 6.45) is 5.31. The summed E-state index contributed by atoms with van der Waals surface area (Å²) in [5.41, 5.74) is 1.85. The van der Waals surface area contributed by atoms with E-state index >= 15 is 0 Å². The fraction of sp³-hybridized carbons (Fsp3) is 0.474. The lowest BCUT2D eigenvalue weighted by molar-refractivity contribution is -0.139. The Kier molecular flexibility index (Phi) is 4.88. The first-order valence-electron chi connectivity index (χ1n) is 8.60. The molecule has 5 heteroatoms. The molecule has 1 aliphatic heterocycles. The molecule has 1 saturated heterocycles. The quantitative estimate of drug-likeness (QED) is 0.884. The molecule has 128 valence electrons. The summed E-state index contributed by atoms with van der Waals surface area (Å²) < 4.78 is 0. The largest absolute Gasteiger partial charge is 0.481 e. The van der Waals surface area contributed by atoms with Gasteiger partial charge in [0, 0.05) is 37.1 Å². The van der Waals surface area contributed by atoms with Gasteiger partial charge in [-0.15, -0.1) is 0 Å². The van der Waals surface area contributed by atoms with Crippen molar-refractivity contribution in [3.8, 4) is 0 Å². The van der Waals surface area contributed by atoms with Gasteiger partial charge >= 0.3 is 5.97 Å². The second-order valence-electron chi connectivity index (χ2n) is 6.71. The number of carbonyl (C=O) groups is 2. The highest BCUT2D eigenvalue weighted by atomic mass is 16.4. The maximum atomic E-state index is 11.8. The normalized spacial score (nSPS) is 17.1. The van der Waals surface area contributed by atoms with Gasteiger partial charge in [0.1, 0.15) is 0 Å². The van der Waals surface area contributed by atoms with Crippen molar-refractivity contribution >= 4 is 22.8 Å². The lowest BCUT2D eigenvalue weighted by Crippen LogP contribution is -2.37. The van der Waals surface area contributed by atoms with Crippen LogP contribution in [0.5, 0.6) is 0 Å². The lowest BCUT2D eigenvalue weighted by Gasteiger charge is -2.31. The molecule has 0 bridgehead atoms. The number of likely N-dealkylation sites (tertiary alicyclic amines) is 1. The summed E-state index contributed by atoms with van der Waals surface area (Å²) in [5.74, 6) is -0.601. The molecule has 1 aromatic heterocycles. The maximum absolute atomic E-state index is 11.8. The molecule has 1 unspecified atom stereocenters. The number of carbonyl (C=O) groups excluding carboxylic acids is 1. The molecule has 0 saturated carbocycles. The fourth-order valence-electron chi connectivity index (χ4n) is 3.73. The summed E-state index contributed by atoms with van der Waals surface area (Å²) in [6, 6.07) is 7.83. The highest BCUT2D eigenvalue weighted by molar-refractivity contribution is 5.89. The first kappa shape index (κ1) is 16.6. The first-order valence-corrected chi connectivity index (χ1v) is 8.60. The molecule has 3 rings (SSSR count). The molecule has 2 heterocycles. The molecule has 1 aliphatic rings. The molecule has 2 N–H and O–H groups in total. The van der Waals surface area contributed by atoms with E-state index < -0.39 is 11.9 Å². The van der Waals surface area contributed by atoms with E-state index in [0.717, 1.165) is 48.8 Å². The molecule has 0 spiro atoms. The van der Waals surface area contributed by atoms with Crippen molar-refractivity contribution in [3.63, 3.8) is 0 Å². The van der Waals surface area contributed by atoms with E-state index in [9.17, 15) is 14.7 Å². The molecule has 5 nitrogen and oxygen atoms in total. The minimum Gasteiger partial charge on any atom is -0.481 e. The third kappa shape index (κ3) is 3.45. The maximum Gasteiger partial charge on any atom is 0.311 e. The number of aliphatic carboxylic acids is 1. The van der Waals surface area contributed by atoms with E-state index in [4.69, 9.17) is 0 Å². The number of aromatic amines is 1. The van der Waals surface area contributed by atoms with Gasteiger partial charge in [-0.2, -0.15) is 0 Å². The SMILES string of the molecule is CC(=O)N1CCC(CCC(C(=O)O)c2c[nH]c3ccccc23)CC1. The molecular weight excluding hydrogens is 304 g/mol. The van der Waals surface area contributed by atoms with E-state index in [1.54, 1.807) is 6.92 Å². The topological polar surface area (TPSA) is 73.4 Å². The number of fused-ring (bicyclic) bond motifs is 1. The molecule has 1 atom stereocenters. The van der Waals surface area contributed by atoms with E-state index in [1.807, 2.05) is 35.4 Å². The number of carboxylic acid groups (broad SMARTS) is 1.